The number of piperidine rings is 1. The maximum atomic E-state index is 12.6. The van der Waals surface area contributed by atoms with E-state index in [9.17, 15) is 9.59 Å². The molecule has 2 heterocycles. The first-order valence-electron chi connectivity index (χ1n) is 8.19. The number of halogens is 1. The van der Waals surface area contributed by atoms with Gasteiger partial charge in [0, 0.05) is 43.0 Å². The van der Waals surface area contributed by atoms with Gasteiger partial charge in [-0.15, -0.1) is 0 Å². The van der Waals surface area contributed by atoms with Crippen molar-refractivity contribution in [2.24, 2.45) is 5.92 Å². The molecule has 1 aromatic carbocycles. The monoisotopic (exact) mass is 335 g/mol. The van der Waals surface area contributed by atoms with Gasteiger partial charge in [-0.2, -0.15) is 0 Å². The Kier molecular flexibility index (Phi) is 5.06. The number of carbonyl (C=O) groups is 2. The fourth-order valence-electron chi connectivity index (χ4n) is 3.53. The zero-order valence-electron chi connectivity index (χ0n) is 13.1. The van der Waals surface area contributed by atoms with Crippen LogP contribution in [0, 0.1) is 5.92 Å². The molecule has 124 valence electrons. The van der Waals surface area contributed by atoms with Gasteiger partial charge in [0.15, 0.2) is 0 Å². The Labute approximate surface area is 141 Å². The van der Waals surface area contributed by atoms with Crippen LogP contribution in [0.4, 0.5) is 4.79 Å². The maximum absolute atomic E-state index is 12.6. The van der Waals surface area contributed by atoms with Crippen LogP contribution in [0.15, 0.2) is 24.3 Å². The second-order valence-electron chi connectivity index (χ2n) is 6.31. The Morgan fingerprint density at radius 2 is 2.26 bits per heavy atom. The largest absolute Gasteiger partial charge is 0.356 e. The zero-order chi connectivity index (χ0) is 16.2. The van der Waals surface area contributed by atoms with Crippen LogP contribution in [0.2, 0.25) is 5.02 Å². The highest BCUT2D eigenvalue weighted by atomic mass is 35.5. The van der Waals surface area contributed by atoms with E-state index in [1.807, 2.05) is 29.2 Å². The summed E-state index contributed by atoms with van der Waals surface area (Å²) in [5.41, 5.74) is 0.983. The topological polar surface area (TPSA) is 61.4 Å². The van der Waals surface area contributed by atoms with Crippen LogP contribution in [-0.4, -0.2) is 36.0 Å². The average molecular weight is 336 g/mol. The number of likely N-dealkylation sites (tertiary alicyclic amines) is 1. The van der Waals surface area contributed by atoms with Gasteiger partial charge in [0.05, 0.1) is 0 Å². The molecule has 0 spiro atoms. The van der Waals surface area contributed by atoms with Gasteiger partial charge in [0.1, 0.15) is 0 Å². The van der Waals surface area contributed by atoms with Crippen molar-refractivity contribution >= 4 is 23.5 Å². The lowest BCUT2D eigenvalue weighted by Crippen LogP contribution is -2.51. The number of rotatable bonds is 3. The average Bonchev–Trinajstić information content (AvgIpc) is 2.99. The number of nitrogens with one attached hydrogen (secondary N) is 2. The van der Waals surface area contributed by atoms with Gasteiger partial charge in [-0.1, -0.05) is 23.7 Å². The Bertz CT molecular complexity index is 593. The van der Waals surface area contributed by atoms with Crippen LogP contribution < -0.4 is 10.6 Å². The summed E-state index contributed by atoms with van der Waals surface area (Å²) in [6.45, 7) is 1.91. The van der Waals surface area contributed by atoms with E-state index in [0.29, 0.717) is 24.5 Å². The predicted molar refractivity (Wildman–Crippen MR) is 89.1 cm³/mol. The molecule has 2 aliphatic rings. The molecule has 23 heavy (non-hydrogen) atoms. The lowest BCUT2D eigenvalue weighted by molar-refractivity contribution is -0.119. The molecule has 2 N–H and O–H groups in total. The third-order valence-electron chi connectivity index (χ3n) is 4.70. The Morgan fingerprint density at radius 1 is 1.39 bits per heavy atom. The van der Waals surface area contributed by atoms with Gasteiger partial charge in [-0.25, -0.2) is 4.79 Å². The van der Waals surface area contributed by atoms with E-state index in [1.54, 1.807) is 0 Å². The first-order valence-corrected chi connectivity index (χ1v) is 8.57. The molecule has 0 unspecified atom stereocenters. The molecular formula is C17H22ClN3O2. The van der Waals surface area contributed by atoms with Crippen LogP contribution in [0.3, 0.4) is 0 Å². The van der Waals surface area contributed by atoms with Crippen molar-refractivity contribution in [2.45, 2.75) is 38.3 Å². The van der Waals surface area contributed by atoms with E-state index in [1.165, 1.54) is 0 Å². The van der Waals surface area contributed by atoms with Crippen molar-refractivity contribution in [3.63, 3.8) is 0 Å². The Balaban J connectivity index is 1.61. The first kappa shape index (κ1) is 16.1. The van der Waals surface area contributed by atoms with Crippen molar-refractivity contribution in [1.29, 1.82) is 0 Å². The summed E-state index contributed by atoms with van der Waals surface area (Å²) in [6.07, 6.45) is 3.65. The Morgan fingerprint density at radius 3 is 3.00 bits per heavy atom. The fourth-order valence-corrected chi connectivity index (χ4v) is 3.74. The van der Waals surface area contributed by atoms with Crippen LogP contribution in [0.25, 0.3) is 0 Å². The molecule has 6 heteroatoms. The third kappa shape index (κ3) is 3.96. The zero-order valence-corrected chi connectivity index (χ0v) is 13.8. The molecule has 2 atom stereocenters. The number of hydrogen-bond acceptors (Lipinski definition) is 2. The van der Waals surface area contributed by atoms with Crippen LogP contribution in [0.1, 0.15) is 31.2 Å². The highest BCUT2D eigenvalue weighted by Gasteiger charge is 2.36. The van der Waals surface area contributed by atoms with E-state index in [2.05, 4.69) is 10.6 Å². The second-order valence-corrected chi connectivity index (χ2v) is 6.75. The molecule has 2 saturated heterocycles. The molecule has 0 aromatic heterocycles. The van der Waals surface area contributed by atoms with E-state index in [0.717, 1.165) is 31.4 Å². The van der Waals surface area contributed by atoms with Crippen molar-refractivity contribution in [2.75, 3.05) is 13.1 Å². The van der Waals surface area contributed by atoms with Crippen molar-refractivity contribution in [3.8, 4) is 0 Å². The van der Waals surface area contributed by atoms with Crippen molar-refractivity contribution < 1.29 is 9.59 Å². The molecule has 2 fully saturated rings. The molecule has 0 saturated carbocycles. The highest BCUT2D eigenvalue weighted by molar-refractivity contribution is 6.30. The van der Waals surface area contributed by atoms with Gasteiger partial charge >= 0.3 is 6.03 Å². The smallest absolute Gasteiger partial charge is 0.317 e. The summed E-state index contributed by atoms with van der Waals surface area (Å²) in [4.78, 5) is 26.0. The quantitative estimate of drug-likeness (QED) is 0.891. The number of urea groups is 1. The van der Waals surface area contributed by atoms with Crippen molar-refractivity contribution in [1.82, 2.24) is 15.5 Å². The van der Waals surface area contributed by atoms with Gasteiger partial charge in [0.25, 0.3) is 0 Å². The molecule has 1 aromatic rings. The molecular weight excluding hydrogens is 314 g/mol. The molecule has 0 bridgehead atoms. The molecule has 3 amide bonds. The minimum absolute atomic E-state index is 0.0472. The highest BCUT2D eigenvalue weighted by Crippen LogP contribution is 2.27. The van der Waals surface area contributed by atoms with Crippen molar-refractivity contribution in [3.05, 3.63) is 34.9 Å². The van der Waals surface area contributed by atoms with E-state index in [-0.39, 0.29) is 23.9 Å². The summed E-state index contributed by atoms with van der Waals surface area (Å²) in [6, 6.07) is 7.60. The fraction of sp³-hybridized carbons (Fsp3) is 0.529. The second kappa shape index (κ2) is 7.21. The SMILES string of the molecule is O=C1C[C@@H]([C@@H]2CCCCN2C(=O)NCc2cccc(Cl)c2)CN1. The summed E-state index contributed by atoms with van der Waals surface area (Å²) >= 11 is 5.97. The minimum Gasteiger partial charge on any atom is -0.356 e. The maximum Gasteiger partial charge on any atom is 0.317 e. The molecule has 5 nitrogen and oxygen atoms in total. The third-order valence-corrected chi connectivity index (χ3v) is 4.93. The van der Waals surface area contributed by atoms with Gasteiger partial charge in [0.2, 0.25) is 5.91 Å². The first-order chi connectivity index (χ1) is 11.1. The normalized spacial score (nSPS) is 24.4. The minimum atomic E-state index is -0.0472. The lowest BCUT2D eigenvalue weighted by atomic mass is 9.90. The standard InChI is InChI=1S/C17H22ClN3O2/c18-14-5-3-4-12(8-14)10-20-17(23)21-7-2-1-6-15(21)13-9-16(22)19-11-13/h3-5,8,13,15H,1-2,6-7,9-11H2,(H,19,22)(H,20,23)/t13-,15+/m1/s1. The van der Waals surface area contributed by atoms with Gasteiger partial charge in [-0.3, -0.25) is 4.79 Å². The summed E-state index contributed by atoms with van der Waals surface area (Å²) < 4.78 is 0. The lowest BCUT2D eigenvalue weighted by Gasteiger charge is -2.38. The van der Waals surface area contributed by atoms with Crippen LogP contribution in [0.5, 0.6) is 0 Å². The summed E-state index contributed by atoms with van der Waals surface area (Å²) in [5, 5.41) is 6.53. The molecule has 2 aliphatic heterocycles. The molecule has 0 radical (unpaired) electrons. The van der Waals surface area contributed by atoms with E-state index >= 15 is 0 Å². The molecule has 3 rings (SSSR count). The van der Waals surface area contributed by atoms with Gasteiger partial charge < -0.3 is 15.5 Å². The number of amides is 3. The molecule has 0 aliphatic carbocycles. The van der Waals surface area contributed by atoms with Gasteiger partial charge in [-0.05, 0) is 37.0 Å². The summed E-state index contributed by atoms with van der Waals surface area (Å²) in [7, 11) is 0. The predicted octanol–water partition coefficient (Wildman–Crippen LogP) is 2.54. The van der Waals surface area contributed by atoms with Crippen LogP contribution in [-0.2, 0) is 11.3 Å². The van der Waals surface area contributed by atoms with E-state index < -0.39 is 0 Å². The van der Waals surface area contributed by atoms with Crippen LogP contribution >= 0.6 is 11.6 Å². The number of nitrogens with zero attached hydrogens (tertiary/aromatic N) is 1. The number of benzene rings is 1. The Hall–Kier alpha value is -1.75. The van der Waals surface area contributed by atoms with E-state index in [4.69, 9.17) is 11.6 Å². The number of carbonyl (C=O) groups excluding carboxylic acids is 2. The summed E-state index contributed by atoms with van der Waals surface area (Å²) in [5.74, 6) is 0.333. The number of hydrogen-bond donors (Lipinski definition) is 2.